The Kier molecular flexibility index (Phi) is 5.18. The number of nitrogens with one attached hydrogen (secondary N) is 1. The summed E-state index contributed by atoms with van der Waals surface area (Å²) in [4.78, 5) is 12.0. The van der Waals surface area contributed by atoms with Crippen LogP contribution in [0.1, 0.15) is 46.5 Å². The molecule has 3 atom stereocenters. The molecule has 19 heavy (non-hydrogen) atoms. The second-order valence-electron chi connectivity index (χ2n) is 6.96. The summed E-state index contributed by atoms with van der Waals surface area (Å²) >= 11 is 1.92. The van der Waals surface area contributed by atoms with Gasteiger partial charge in [-0.15, -0.1) is 0 Å². The largest absolute Gasteiger partial charge is 0.462 e. The van der Waals surface area contributed by atoms with E-state index in [2.05, 4.69) is 26.1 Å². The van der Waals surface area contributed by atoms with Crippen LogP contribution in [-0.2, 0) is 9.53 Å². The number of carbonyl (C=O) groups excluding carboxylic acids is 1. The van der Waals surface area contributed by atoms with Gasteiger partial charge in [-0.1, -0.05) is 20.8 Å². The molecule has 0 amide bonds. The van der Waals surface area contributed by atoms with E-state index in [-0.39, 0.29) is 12.1 Å². The third-order valence-electron chi connectivity index (χ3n) is 4.06. The molecule has 0 spiro atoms. The zero-order chi connectivity index (χ0) is 13.9. The Morgan fingerprint density at radius 2 is 2.21 bits per heavy atom. The molecule has 0 radical (unpaired) electrons. The van der Waals surface area contributed by atoms with Gasteiger partial charge < -0.3 is 10.1 Å². The molecular weight excluding hydrogens is 258 g/mol. The monoisotopic (exact) mass is 285 g/mol. The van der Waals surface area contributed by atoms with Crippen LogP contribution in [0.5, 0.6) is 0 Å². The first-order chi connectivity index (χ1) is 8.94. The van der Waals surface area contributed by atoms with E-state index in [0.29, 0.717) is 23.8 Å². The number of rotatable bonds is 3. The van der Waals surface area contributed by atoms with Gasteiger partial charge in [0.1, 0.15) is 6.10 Å². The molecule has 2 fully saturated rings. The van der Waals surface area contributed by atoms with Crippen molar-refractivity contribution in [2.75, 3.05) is 18.1 Å². The van der Waals surface area contributed by atoms with Crippen LogP contribution in [0.2, 0.25) is 0 Å². The van der Waals surface area contributed by atoms with Gasteiger partial charge in [0.05, 0.1) is 6.42 Å². The van der Waals surface area contributed by atoms with Gasteiger partial charge in [-0.05, 0) is 30.6 Å². The minimum absolute atomic E-state index is 0.0186. The molecule has 0 bridgehead atoms. The van der Waals surface area contributed by atoms with Gasteiger partial charge in [-0.2, -0.15) is 11.8 Å². The molecule has 4 heteroatoms. The quantitative estimate of drug-likeness (QED) is 0.809. The van der Waals surface area contributed by atoms with Crippen LogP contribution >= 0.6 is 11.8 Å². The first-order valence-corrected chi connectivity index (χ1v) is 8.61. The lowest BCUT2D eigenvalue weighted by Crippen LogP contribution is -2.40. The highest BCUT2D eigenvalue weighted by molar-refractivity contribution is 7.99. The molecule has 3 unspecified atom stereocenters. The molecule has 3 nitrogen and oxygen atoms in total. The first-order valence-electron chi connectivity index (χ1n) is 7.45. The minimum atomic E-state index is -0.0186. The van der Waals surface area contributed by atoms with E-state index < -0.39 is 0 Å². The second kappa shape index (κ2) is 6.49. The van der Waals surface area contributed by atoms with Crippen molar-refractivity contribution < 1.29 is 9.53 Å². The molecule has 1 saturated heterocycles. The lowest BCUT2D eigenvalue weighted by atomic mass is 9.71. The van der Waals surface area contributed by atoms with Crippen molar-refractivity contribution in [2.45, 2.75) is 58.6 Å². The van der Waals surface area contributed by atoms with Crippen LogP contribution in [0, 0.1) is 11.3 Å². The Morgan fingerprint density at radius 1 is 1.42 bits per heavy atom. The van der Waals surface area contributed by atoms with Crippen molar-refractivity contribution in [3.8, 4) is 0 Å². The molecule has 0 aromatic heterocycles. The highest BCUT2D eigenvalue weighted by Gasteiger charge is 2.34. The normalized spacial score (nSPS) is 34.8. The Hall–Kier alpha value is -0.220. The third-order valence-corrected chi connectivity index (χ3v) is 5.19. The molecular formula is C15H27NO2S. The summed E-state index contributed by atoms with van der Waals surface area (Å²) in [5, 5.41) is 3.39. The number of hydrogen-bond donors (Lipinski definition) is 1. The fraction of sp³-hybridized carbons (Fsp3) is 0.933. The van der Waals surface area contributed by atoms with E-state index in [9.17, 15) is 4.79 Å². The predicted molar refractivity (Wildman–Crippen MR) is 80.4 cm³/mol. The summed E-state index contributed by atoms with van der Waals surface area (Å²) in [5.41, 5.74) is 0.307. The van der Waals surface area contributed by atoms with Crippen molar-refractivity contribution in [1.82, 2.24) is 5.32 Å². The van der Waals surface area contributed by atoms with Crippen molar-refractivity contribution >= 4 is 17.7 Å². The maximum atomic E-state index is 12.0. The Morgan fingerprint density at radius 3 is 2.84 bits per heavy atom. The zero-order valence-electron chi connectivity index (χ0n) is 12.4. The van der Waals surface area contributed by atoms with E-state index in [1.54, 1.807) is 0 Å². The number of hydrogen-bond acceptors (Lipinski definition) is 4. The van der Waals surface area contributed by atoms with Gasteiger partial charge in [0.15, 0.2) is 0 Å². The second-order valence-corrected chi connectivity index (χ2v) is 8.11. The maximum absolute atomic E-state index is 12.0. The molecule has 2 rings (SSSR count). The average molecular weight is 285 g/mol. The summed E-state index contributed by atoms with van der Waals surface area (Å²) in [5.74, 6) is 2.82. The lowest BCUT2D eigenvalue weighted by molar-refractivity contribution is -0.153. The van der Waals surface area contributed by atoms with Crippen molar-refractivity contribution in [2.24, 2.45) is 11.3 Å². The van der Waals surface area contributed by atoms with Gasteiger partial charge in [0.25, 0.3) is 0 Å². The zero-order valence-corrected chi connectivity index (χ0v) is 13.2. The van der Waals surface area contributed by atoms with Gasteiger partial charge in [0, 0.05) is 24.1 Å². The highest BCUT2D eigenvalue weighted by atomic mass is 32.2. The molecule has 1 aliphatic heterocycles. The lowest BCUT2D eigenvalue weighted by Gasteiger charge is -2.38. The first kappa shape index (κ1) is 15.2. The van der Waals surface area contributed by atoms with Crippen molar-refractivity contribution in [1.29, 1.82) is 0 Å². The molecule has 1 heterocycles. The number of ether oxygens (including phenoxy) is 1. The van der Waals surface area contributed by atoms with Crippen LogP contribution in [-0.4, -0.2) is 36.2 Å². The molecule has 2 aliphatic rings. The third kappa shape index (κ3) is 4.99. The Labute approximate surface area is 121 Å². The molecule has 0 aromatic carbocycles. The van der Waals surface area contributed by atoms with E-state index in [0.717, 1.165) is 30.9 Å². The van der Waals surface area contributed by atoms with Crippen LogP contribution < -0.4 is 5.32 Å². The predicted octanol–water partition coefficient (Wildman–Crippen LogP) is 2.84. The summed E-state index contributed by atoms with van der Waals surface area (Å²) in [7, 11) is 0. The molecule has 1 aliphatic carbocycles. The molecule has 110 valence electrons. The van der Waals surface area contributed by atoms with Crippen molar-refractivity contribution in [3.63, 3.8) is 0 Å². The molecule has 1 N–H and O–H groups in total. The molecule has 1 saturated carbocycles. The van der Waals surface area contributed by atoms with Crippen LogP contribution in [0.25, 0.3) is 0 Å². The van der Waals surface area contributed by atoms with Crippen LogP contribution in [0.4, 0.5) is 0 Å². The molecule has 0 aromatic rings. The Bertz CT molecular complexity index is 313. The standard InChI is InChI=1S/C15H27NO2S/c1-11-6-13(9-15(2,3)8-11)18-14(17)7-12-10-19-5-4-16-12/h11-13,16H,4-10H2,1-3H3. The smallest absolute Gasteiger partial charge is 0.307 e. The topological polar surface area (TPSA) is 38.3 Å². The summed E-state index contributed by atoms with van der Waals surface area (Å²) < 4.78 is 5.71. The summed E-state index contributed by atoms with van der Waals surface area (Å²) in [6.07, 6.45) is 3.93. The van der Waals surface area contributed by atoms with Gasteiger partial charge >= 0.3 is 5.97 Å². The van der Waals surface area contributed by atoms with E-state index in [1.165, 1.54) is 6.42 Å². The number of thioether (sulfide) groups is 1. The maximum Gasteiger partial charge on any atom is 0.307 e. The van der Waals surface area contributed by atoms with E-state index in [4.69, 9.17) is 4.74 Å². The van der Waals surface area contributed by atoms with Crippen molar-refractivity contribution in [3.05, 3.63) is 0 Å². The van der Waals surface area contributed by atoms with Crippen LogP contribution in [0.3, 0.4) is 0 Å². The summed E-state index contributed by atoms with van der Waals surface area (Å²) in [6.45, 7) is 7.84. The van der Waals surface area contributed by atoms with Gasteiger partial charge in [-0.3, -0.25) is 4.79 Å². The van der Waals surface area contributed by atoms with Gasteiger partial charge in [0.2, 0.25) is 0 Å². The number of carbonyl (C=O) groups is 1. The van der Waals surface area contributed by atoms with E-state index >= 15 is 0 Å². The SMILES string of the molecule is CC1CC(OC(=O)CC2CSCCN2)CC(C)(C)C1. The van der Waals surface area contributed by atoms with Gasteiger partial charge in [-0.25, -0.2) is 0 Å². The highest BCUT2D eigenvalue weighted by Crippen LogP contribution is 2.39. The van der Waals surface area contributed by atoms with E-state index in [1.807, 2.05) is 11.8 Å². The fourth-order valence-electron chi connectivity index (χ4n) is 3.53. The fourth-order valence-corrected chi connectivity index (χ4v) is 4.48. The average Bonchev–Trinajstić information content (AvgIpc) is 2.26. The minimum Gasteiger partial charge on any atom is -0.462 e. The number of esters is 1. The summed E-state index contributed by atoms with van der Waals surface area (Å²) in [6, 6.07) is 0.306. The van der Waals surface area contributed by atoms with Crippen LogP contribution in [0.15, 0.2) is 0 Å². The Balaban J connectivity index is 1.78.